The van der Waals surface area contributed by atoms with Gasteiger partial charge < -0.3 is 19.8 Å². The third-order valence-electron chi connectivity index (χ3n) is 5.54. The Bertz CT molecular complexity index is 1420. The van der Waals surface area contributed by atoms with Crippen LogP contribution in [0.15, 0.2) is 55.2 Å². The number of ether oxygens (including phenoxy) is 1. The van der Waals surface area contributed by atoms with Gasteiger partial charge >= 0.3 is 0 Å². The number of nitrogens with one attached hydrogen (secondary N) is 2. The highest BCUT2D eigenvalue weighted by Gasteiger charge is 2.19. The molecule has 0 aliphatic carbocycles. The number of aryl methyl sites for hydroxylation is 1. The van der Waals surface area contributed by atoms with Gasteiger partial charge in [-0.1, -0.05) is 0 Å². The third-order valence-corrected chi connectivity index (χ3v) is 6.68. The topological polar surface area (TPSA) is 76.4 Å². The van der Waals surface area contributed by atoms with E-state index in [9.17, 15) is 0 Å². The monoisotopic (exact) mass is 428 g/mol. The second-order valence-electron chi connectivity index (χ2n) is 7.60. The van der Waals surface area contributed by atoms with Gasteiger partial charge in [0.05, 0.1) is 11.6 Å². The number of benzene rings is 1. The molecule has 0 radical (unpaired) electrons. The average molecular weight is 429 g/mol. The lowest BCUT2D eigenvalue weighted by atomic mass is 10.1. The molecule has 5 aromatic rings. The van der Waals surface area contributed by atoms with Gasteiger partial charge in [0.25, 0.3) is 0 Å². The molecule has 4 aromatic heterocycles. The van der Waals surface area contributed by atoms with Gasteiger partial charge in [-0.05, 0) is 61.3 Å². The first-order chi connectivity index (χ1) is 15.2. The fraction of sp³-hybridized carbons (Fsp3) is 0.174. The number of hydrogen-bond acceptors (Lipinski definition) is 7. The number of fused-ring (bicyclic) bond motifs is 4. The van der Waals surface area contributed by atoms with Crippen molar-refractivity contribution in [1.29, 1.82) is 0 Å². The lowest BCUT2D eigenvalue weighted by molar-refractivity contribution is 0.476. The van der Waals surface area contributed by atoms with E-state index in [-0.39, 0.29) is 0 Å². The van der Waals surface area contributed by atoms with Crippen molar-refractivity contribution in [2.24, 2.45) is 0 Å². The highest BCUT2D eigenvalue weighted by atomic mass is 32.1. The van der Waals surface area contributed by atoms with Crippen LogP contribution < -0.4 is 15.4 Å². The Morgan fingerprint density at radius 2 is 2.13 bits per heavy atom. The average Bonchev–Trinajstić information content (AvgIpc) is 3.40. The van der Waals surface area contributed by atoms with Gasteiger partial charge in [0, 0.05) is 29.5 Å². The van der Waals surface area contributed by atoms with Gasteiger partial charge in [-0.2, -0.15) is 0 Å². The second-order valence-corrected chi connectivity index (χ2v) is 8.68. The minimum Gasteiger partial charge on any atom is -0.456 e. The number of nitrogens with zero attached hydrogens (tertiary/aromatic N) is 4. The maximum Gasteiger partial charge on any atom is 0.144 e. The zero-order chi connectivity index (χ0) is 20.8. The van der Waals surface area contributed by atoms with Gasteiger partial charge in [0.15, 0.2) is 0 Å². The quantitative estimate of drug-likeness (QED) is 0.427. The summed E-state index contributed by atoms with van der Waals surface area (Å²) in [7, 11) is 0. The van der Waals surface area contributed by atoms with Crippen molar-refractivity contribution in [1.82, 2.24) is 24.7 Å². The molecule has 0 spiro atoms. The number of rotatable bonds is 4. The molecule has 6 rings (SSSR count). The molecule has 0 bridgehead atoms. The normalized spacial score (nSPS) is 13.5. The molecule has 2 N–H and O–H groups in total. The van der Waals surface area contributed by atoms with Crippen LogP contribution in [0.2, 0.25) is 0 Å². The predicted octanol–water partition coefficient (Wildman–Crippen LogP) is 4.83. The highest BCUT2D eigenvalue weighted by Crippen LogP contribution is 2.37. The Morgan fingerprint density at radius 3 is 3.06 bits per heavy atom. The number of imidazole rings is 1. The minimum absolute atomic E-state index is 0.769. The van der Waals surface area contributed by atoms with Gasteiger partial charge in [-0.3, -0.25) is 0 Å². The largest absolute Gasteiger partial charge is 0.456 e. The van der Waals surface area contributed by atoms with E-state index in [4.69, 9.17) is 4.74 Å². The maximum atomic E-state index is 6.12. The number of pyridine rings is 1. The van der Waals surface area contributed by atoms with Crippen molar-refractivity contribution < 1.29 is 4.74 Å². The summed E-state index contributed by atoms with van der Waals surface area (Å²) in [5.41, 5.74) is 4.28. The Labute approximate surface area is 182 Å². The summed E-state index contributed by atoms with van der Waals surface area (Å²) in [5.74, 6) is 2.45. The first-order valence-corrected chi connectivity index (χ1v) is 11.0. The van der Waals surface area contributed by atoms with Crippen LogP contribution in [0.5, 0.6) is 11.5 Å². The molecule has 1 aromatic carbocycles. The molecule has 31 heavy (non-hydrogen) atoms. The van der Waals surface area contributed by atoms with Gasteiger partial charge in [0.1, 0.15) is 34.1 Å². The zero-order valence-corrected chi connectivity index (χ0v) is 17.7. The van der Waals surface area contributed by atoms with Crippen molar-refractivity contribution in [2.75, 3.05) is 11.9 Å². The van der Waals surface area contributed by atoms with E-state index in [1.807, 2.05) is 48.0 Å². The number of hydrogen-bond donors (Lipinski definition) is 2. The Morgan fingerprint density at radius 1 is 1.16 bits per heavy atom. The summed E-state index contributed by atoms with van der Waals surface area (Å²) in [6.07, 6.45) is 8.25. The summed E-state index contributed by atoms with van der Waals surface area (Å²) < 4.78 is 8.06. The lowest BCUT2D eigenvalue weighted by Gasteiger charge is -2.14. The molecule has 1 aliphatic rings. The molecule has 7 nitrogen and oxygen atoms in total. The molecule has 0 atom stereocenters. The molecule has 0 saturated carbocycles. The van der Waals surface area contributed by atoms with Crippen LogP contribution in [0.4, 0.5) is 11.5 Å². The molecule has 0 fully saturated rings. The predicted molar refractivity (Wildman–Crippen MR) is 123 cm³/mol. The maximum absolute atomic E-state index is 6.12. The summed E-state index contributed by atoms with van der Waals surface area (Å²) in [4.78, 5) is 15.7. The third kappa shape index (κ3) is 3.30. The van der Waals surface area contributed by atoms with E-state index in [1.165, 1.54) is 10.4 Å². The molecule has 8 heteroatoms. The molecule has 5 heterocycles. The number of thiophene rings is 1. The van der Waals surface area contributed by atoms with Crippen molar-refractivity contribution in [3.63, 3.8) is 0 Å². The summed E-state index contributed by atoms with van der Waals surface area (Å²) >= 11 is 1.75. The SMILES string of the molecule is Cc1cc(Nc2ncnc3sc4c(c23)CCNC4)ccc1Oc1ccc2nccn2c1. The molecular weight excluding hydrogens is 408 g/mol. The summed E-state index contributed by atoms with van der Waals surface area (Å²) in [5, 5.41) is 8.09. The second kappa shape index (κ2) is 7.33. The smallest absolute Gasteiger partial charge is 0.144 e. The van der Waals surface area contributed by atoms with Crippen molar-refractivity contribution in [3.05, 3.63) is 71.3 Å². The minimum atomic E-state index is 0.769. The lowest BCUT2D eigenvalue weighted by Crippen LogP contribution is -2.22. The van der Waals surface area contributed by atoms with Crippen LogP contribution in [-0.2, 0) is 13.0 Å². The Hall–Kier alpha value is -3.49. The first-order valence-electron chi connectivity index (χ1n) is 10.2. The van der Waals surface area contributed by atoms with E-state index < -0.39 is 0 Å². The van der Waals surface area contributed by atoms with Crippen molar-refractivity contribution >= 4 is 38.7 Å². The van der Waals surface area contributed by atoms with Crippen LogP contribution in [0.3, 0.4) is 0 Å². The van der Waals surface area contributed by atoms with Crippen LogP contribution in [-0.4, -0.2) is 25.9 Å². The molecule has 0 unspecified atom stereocenters. The highest BCUT2D eigenvalue weighted by molar-refractivity contribution is 7.19. The van der Waals surface area contributed by atoms with Crippen LogP contribution in [0.1, 0.15) is 16.0 Å². The Kier molecular flexibility index (Phi) is 4.33. The fourth-order valence-electron chi connectivity index (χ4n) is 4.02. The summed E-state index contributed by atoms with van der Waals surface area (Å²) in [6.45, 7) is 3.94. The molecule has 0 saturated heterocycles. The van der Waals surface area contributed by atoms with Crippen molar-refractivity contribution in [3.8, 4) is 11.5 Å². The molecule has 1 aliphatic heterocycles. The number of anilines is 2. The standard InChI is InChI=1S/C23H20N6OS/c1-14-10-15(2-4-18(14)30-16-3-5-20-25-8-9-29(20)12-16)28-22-21-17-6-7-24-11-19(17)31-23(21)27-13-26-22/h2-5,8-10,12-13,24H,6-7,11H2,1H3,(H,26,27,28). The Balaban J connectivity index is 1.29. The van der Waals surface area contributed by atoms with Gasteiger partial charge in [-0.15, -0.1) is 11.3 Å². The van der Waals surface area contributed by atoms with Gasteiger partial charge in [0.2, 0.25) is 0 Å². The van der Waals surface area contributed by atoms with E-state index in [2.05, 4.69) is 31.7 Å². The van der Waals surface area contributed by atoms with E-state index in [0.717, 1.165) is 63.9 Å². The number of aromatic nitrogens is 4. The molecule has 154 valence electrons. The van der Waals surface area contributed by atoms with E-state index in [0.29, 0.717) is 0 Å². The molecular formula is C23H20N6OS. The van der Waals surface area contributed by atoms with E-state index in [1.54, 1.807) is 23.9 Å². The summed E-state index contributed by atoms with van der Waals surface area (Å²) in [6, 6.07) is 9.96. The zero-order valence-electron chi connectivity index (χ0n) is 16.9. The van der Waals surface area contributed by atoms with E-state index >= 15 is 0 Å². The van der Waals surface area contributed by atoms with Crippen LogP contribution in [0, 0.1) is 6.92 Å². The molecule has 0 amide bonds. The first kappa shape index (κ1) is 18.3. The van der Waals surface area contributed by atoms with Crippen LogP contribution >= 0.6 is 11.3 Å². The van der Waals surface area contributed by atoms with Gasteiger partial charge in [-0.25, -0.2) is 15.0 Å². The van der Waals surface area contributed by atoms with Crippen LogP contribution in [0.25, 0.3) is 15.9 Å². The fourth-order valence-corrected chi connectivity index (χ4v) is 5.18. The van der Waals surface area contributed by atoms with Crippen molar-refractivity contribution in [2.45, 2.75) is 19.9 Å².